The monoisotopic (exact) mass is 262 g/mol. The maximum absolute atomic E-state index is 5.00. The molecule has 0 aromatic carbocycles. The molecule has 1 aromatic heterocycles. The second-order valence-electron chi connectivity index (χ2n) is 0.936. The van der Waals surface area contributed by atoms with E-state index >= 15 is 0 Å². The van der Waals surface area contributed by atoms with Crippen molar-refractivity contribution in [3.8, 4) is 0 Å². The Balaban J connectivity index is 0.000000148. The largest absolute Gasteiger partial charge is 0.582 e. The molecule has 6 heteroatoms. The van der Waals surface area contributed by atoms with E-state index in [1.165, 1.54) is 0 Å². The summed E-state index contributed by atoms with van der Waals surface area (Å²) in [5, 5.41) is 6.94. The molecule has 0 saturated carbocycles. The number of hydrogen-bond donors (Lipinski definition) is 0. The van der Waals surface area contributed by atoms with E-state index in [4.69, 9.17) is 25.5 Å². The van der Waals surface area contributed by atoms with Crippen LogP contribution in [0.15, 0.2) is 18.5 Å². The topological polar surface area (TPSA) is 27.0 Å². The molecule has 1 aromatic rings. The van der Waals surface area contributed by atoms with Crippen LogP contribution >= 0.6 is 25.5 Å². The summed E-state index contributed by atoms with van der Waals surface area (Å²) in [5.41, 5.74) is 0. The van der Waals surface area contributed by atoms with Crippen molar-refractivity contribution in [2.45, 2.75) is 0 Å². The van der Waals surface area contributed by atoms with E-state index < -0.39 is 18.2 Å². The number of nitrogens with zero attached hydrogens (tertiary/aromatic N) is 2. The summed E-state index contributed by atoms with van der Waals surface area (Å²) in [6.07, 6.45) is 3.28. The third kappa shape index (κ3) is 12.2. The minimum Gasteiger partial charge on any atom is -0.582 e. The SMILES string of the molecule is [Cl][Zr]([Cl])[Cl].c1cn[n-]c1. The van der Waals surface area contributed by atoms with Crippen molar-refractivity contribution < 1.29 is 18.2 Å². The molecule has 0 N–H and O–H groups in total. The fraction of sp³-hybridized carbons (Fsp3) is 0. The van der Waals surface area contributed by atoms with Gasteiger partial charge in [0.25, 0.3) is 0 Å². The molecule has 2 nitrogen and oxygen atoms in total. The van der Waals surface area contributed by atoms with Gasteiger partial charge in [0.15, 0.2) is 0 Å². The average molecular weight is 265 g/mol. The van der Waals surface area contributed by atoms with Gasteiger partial charge in [-0.15, -0.1) is 0 Å². The van der Waals surface area contributed by atoms with E-state index in [2.05, 4.69) is 10.2 Å². The van der Waals surface area contributed by atoms with Gasteiger partial charge in [-0.2, -0.15) is 6.20 Å². The van der Waals surface area contributed by atoms with E-state index in [1.54, 1.807) is 18.5 Å². The molecule has 0 unspecified atom stereocenters. The summed E-state index contributed by atoms with van der Waals surface area (Å²) in [4.78, 5) is 0. The van der Waals surface area contributed by atoms with Gasteiger partial charge in [0.05, 0.1) is 0 Å². The first kappa shape index (κ1) is 9.96. The van der Waals surface area contributed by atoms with Gasteiger partial charge in [-0.1, -0.05) is 6.07 Å². The first-order valence-electron chi connectivity index (χ1n) is 1.95. The molecule has 0 radical (unpaired) electrons. The van der Waals surface area contributed by atoms with E-state index in [0.29, 0.717) is 0 Å². The second kappa shape index (κ2) is 7.07. The van der Waals surface area contributed by atoms with Crippen LogP contribution in [-0.2, 0) is 18.2 Å². The van der Waals surface area contributed by atoms with Gasteiger partial charge >= 0.3 is 43.7 Å². The van der Waals surface area contributed by atoms with E-state index in [0.717, 1.165) is 0 Å². The Morgan fingerprint density at radius 3 is 2.00 bits per heavy atom. The Labute approximate surface area is 71.8 Å². The third-order valence-corrected chi connectivity index (χ3v) is 0.372. The number of halogens is 3. The normalized spacial score (nSPS) is 7.44. The van der Waals surface area contributed by atoms with Crippen molar-refractivity contribution in [3.63, 3.8) is 0 Å². The van der Waals surface area contributed by atoms with Crippen molar-refractivity contribution in [1.82, 2.24) is 10.2 Å². The fourth-order valence-electron chi connectivity index (χ4n) is 0.192. The molecule has 0 amide bonds. The molecule has 0 saturated heterocycles. The standard InChI is InChI=1S/C3H3N2.3ClH.Zr/c1-2-4-5-3-1;;;;/h1-3H;3*1H;/q-1;;;;+3/p-3. The van der Waals surface area contributed by atoms with Crippen LogP contribution in [0.2, 0.25) is 0 Å². The van der Waals surface area contributed by atoms with Gasteiger partial charge in [0.1, 0.15) is 0 Å². The summed E-state index contributed by atoms with van der Waals surface area (Å²) in [7, 11) is 15.0. The Kier molecular flexibility index (Phi) is 7.83. The van der Waals surface area contributed by atoms with Crippen LogP contribution in [0.4, 0.5) is 0 Å². The molecule has 1 rings (SSSR count). The van der Waals surface area contributed by atoms with Crippen LogP contribution in [-0.4, -0.2) is 5.10 Å². The van der Waals surface area contributed by atoms with Crippen molar-refractivity contribution in [1.29, 1.82) is 0 Å². The summed E-state index contributed by atoms with van der Waals surface area (Å²) in [5.74, 6) is 0. The van der Waals surface area contributed by atoms with Crippen molar-refractivity contribution in [2.75, 3.05) is 0 Å². The number of rotatable bonds is 0. The van der Waals surface area contributed by atoms with Gasteiger partial charge in [0, 0.05) is 6.20 Å². The summed E-state index contributed by atoms with van der Waals surface area (Å²) in [6.45, 7) is 0. The van der Waals surface area contributed by atoms with Crippen LogP contribution in [0.5, 0.6) is 0 Å². The van der Waals surface area contributed by atoms with Gasteiger partial charge in [0.2, 0.25) is 0 Å². The summed E-state index contributed by atoms with van der Waals surface area (Å²) >= 11 is -2.13. The van der Waals surface area contributed by atoms with Crippen molar-refractivity contribution >= 4 is 25.5 Å². The predicted octanol–water partition coefficient (Wildman–Crippen LogP) is 2.10. The zero-order chi connectivity index (χ0) is 7.11. The number of aromatic nitrogens is 2. The van der Waals surface area contributed by atoms with Gasteiger partial charge < -0.3 is 10.2 Å². The Hall–Kier alpha value is 0.963. The molecule has 0 fully saturated rings. The Bertz CT molecular complexity index is 101. The molecular formula is C3H3Cl3N2Zr-. The zero-order valence-corrected chi connectivity index (χ0v) is 8.99. The predicted molar refractivity (Wildman–Crippen MR) is 35.1 cm³/mol. The fourth-order valence-corrected chi connectivity index (χ4v) is 0.192. The molecule has 0 atom stereocenters. The minimum atomic E-state index is -2.13. The minimum absolute atomic E-state index is 1.64. The van der Waals surface area contributed by atoms with Gasteiger partial charge in [-0.05, 0) is 0 Å². The summed E-state index contributed by atoms with van der Waals surface area (Å²) < 4.78 is 0. The summed E-state index contributed by atoms with van der Waals surface area (Å²) in [6, 6.07) is 1.78. The Morgan fingerprint density at radius 2 is 1.89 bits per heavy atom. The quantitative estimate of drug-likeness (QED) is 0.718. The number of hydrogen-bond acceptors (Lipinski definition) is 1. The van der Waals surface area contributed by atoms with Crippen LogP contribution in [0.1, 0.15) is 0 Å². The maximum Gasteiger partial charge on any atom is 0.00194 e. The zero-order valence-electron chi connectivity index (χ0n) is 4.26. The molecule has 0 aliphatic heterocycles. The van der Waals surface area contributed by atoms with E-state index in [1.807, 2.05) is 0 Å². The average Bonchev–Trinajstić information content (AvgIpc) is 2.11. The maximum atomic E-state index is 5.00. The Morgan fingerprint density at radius 1 is 1.33 bits per heavy atom. The molecular weight excluding hydrogens is 262 g/mol. The molecule has 0 aliphatic rings. The molecule has 0 aliphatic carbocycles. The second-order valence-corrected chi connectivity index (χ2v) is 12.1. The van der Waals surface area contributed by atoms with Gasteiger partial charge in [-0.25, -0.2) is 0 Å². The van der Waals surface area contributed by atoms with E-state index in [-0.39, 0.29) is 0 Å². The van der Waals surface area contributed by atoms with Crippen LogP contribution in [0.25, 0.3) is 0 Å². The first-order valence-corrected chi connectivity index (χ1v) is 11.4. The van der Waals surface area contributed by atoms with Crippen LogP contribution < -0.4 is 5.10 Å². The van der Waals surface area contributed by atoms with Crippen molar-refractivity contribution in [3.05, 3.63) is 18.5 Å². The molecule has 1 heterocycles. The first-order chi connectivity index (χ1) is 4.23. The molecule has 9 heavy (non-hydrogen) atoms. The van der Waals surface area contributed by atoms with Crippen LogP contribution in [0, 0.1) is 0 Å². The van der Waals surface area contributed by atoms with Crippen molar-refractivity contribution in [2.24, 2.45) is 0 Å². The smallest absolute Gasteiger partial charge is 0.00194 e. The molecule has 0 bridgehead atoms. The van der Waals surface area contributed by atoms with E-state index in [9.17, 15) is 0 Å². The molecule has 51 valence electrons. The third-order valence-electron chi connectivity index (χ3n) is 0.372. The van der Waals surface area contributed by atoms with Crippen LogP contribution in [0.3, 0.4) is 0 Å². The molecule has 0 spiro atoms. The van der Waals surface area contributed by atoms with Gasteiger partial charge in [-0.3, -0.25) is 0 Å².